The molecule has 0 heterocycles. The van der Waals surface area contributed by atoms with Crippen LogP contribution in [0.15, 0.2) is 42.5 Å². The van der Waals surface area contributed by atoms with Gasteiger partial charge < -0.3 is 13.8 Å². The summed E-state index contributed by atoms with van der Waals surface area (Å²) < 4.78 is 33.3. The number of carbonyl (C=O) groups excluding carboxylic acids is 1. The summed E-state index contributed by atoms with van der Waals surface area (Å²) in [5.74, 6) is 0.634. The van der Waals surface area contributed by atoms with Crippen LogP contribution in [0.25, 0.3) is 0 Å². The molecule has 0 radical (unpaired) electrons. The summed E-state index contributed by atoms with van der Waals surface area (Å²) in [6, 6.07) is 12.7. The van der Waals surface area contributed by atoms with Crippen molar-refractivity contribution >= 4 is 16.0 Å². The van der Waals surface area contributed by atoms with Crippen LogP contribution in [0.1, 0.15) is 42.3 Å². The Kier molecular flexibility index (Phi) is 7.67. The molecule has 7 heteroatoms. The van der Waals surface area contributed by atoms with Crippen LogP contribution in [0.5, 0.6) is 11.5 Å². The lowest BCUT2D eigenvalue weighted by molar-refractivity contribution is 0.0722. The number of hydrogen-bond donors (Lipinski definition) is 0. The number of amides is 1. The van der Waals surface area contributed by atoms with Crippen molar-refractivity contribution in [1.29, 1.82) is 0 Å². The zero-order valence-corrected chi connectivity index (χ0v) is 18.5. The molecule has 29 heavy (non-hydrogen) atoms. The predicted octanol–water partition coefficient (Wildman–Crippen LogP) is 3.89. The fourth-order valence-corrected chi connectivity index (χ4v) is 3.45. The highest BCUT2D eigenvalue weighted by atomic mass is 32.2. The lowest BCUT2D eigenvalue weighted by Crippen LogP contribution is -2.33. The Bertz CT molecular complexity index is 936. The summed E-state index contributed by atoms with van der Waals surface area (Å²) in [5.41, 5.74) is 2.56. The van der Waals surface area contributed by atoms with E-state index in [4.69, 9.17) is 8.92 Å². The SMILES string of the molecule is CCc1ccc(C(=O)N(Cc2ccc(OC)c(OS(C)(=O)=O)c2)CC(C)C)cc1. The maximum absolute atomic E-state index is 13.1. The quantitative estimate of drug-likeness (QED) is 0.577. The number of hydrogen-bond acceptors (Lipinski definition) is 5. The topological polar surface area (TPSA) is 72.9 Å². The van der Waals surface area contributed by atoms with Crippen LogP contribution >= 0.6 is 0 Å². The second-order valence-corrected chi connectivity index (χ2v) is 8.98. The van der Waals surface area contributed by atoms with Crippen molar-refractivity contribution in [2.45, 2.75) is 33.7 Å². The number of ether oxygens (including phenoxy) is 1. The summed E-state index contributed by atoms with van der Waals surface area (Å²) in [5, 5.41) is 0. The number of carbonyl (C=O) groups is 1. The normalized spacial score (nSPS) is 11.4. The molecule has 0 aliphatic rings. The molecule has 0 saturated heterocycles. The number of rotatable bonds is 9. The van der Waals surface area contributed by atoms with Crippen molar-refractivity contribution in [3.8, 4) is 11.5 Å². The van der Waals surface area contributed by atoms with Crippen LogP contribution in [0, 0.1) is 5.92 Å². The van der Waals surface area contributed by atoms with Crippen LogP contribution in [0.2, 0.25) is 0 Å². The van der Waals surface area contributed by atoms with Gasteiger partial charge in [0, 0.05) is 18.7 Å². The summed E-state index contributed by atoms with van der Waals surface area (Å²) in [6.45, 7) is 7.07. The average Bonchev–Trinajstić information content (AvgIpc) is 2.65. The van der Waals surface area contributed by atoms with E-state index in [0.29, 0.717) is 24.4 Å². The molecule has 2 aromatic carbocycles. The van der Waals surface area contributed by atoms with Crippen molar-refractivity contribution in [3.05, 3.63) is 59.2 Å². The molecule has 0 aliphatic carbocycles. The van der Waals surface area contributed by atoms with E-state index in [-0.39, 0.29) is 17.6 Å². The molecule has 0 N–H and O–H groups in total. The van der Waals surface area contributed by atoms with Gasteiger partial charge in [-0.2, -0.15) is 8.42 Å². The van der Waals surface area contributed by atoms with Gasteiger partial charge in [-0.05, 0) is 47.7 Å². The Morgan fingerprint density at radius 1 is 1.03 bits per heavy atom. The summed E-state index contributed by atoms with van der Waals surface area (Å²) in [4.78, 5) is 14.9. The van der Waals surface area contributed by atoms with Gasteiger partial charge in [0.2, 0.25) is 0 Å². The number of aryl methyl sites for hydroxylation is 1. The summed E-state index contributed by atoms with van der Waals surface area (Å²) >= 11 is 0. The van der Waals surface area contributed by atoms with Crippen molar-refractivity contribution in [2.75, 3.05) is 19.9 Å². The smallest absolute Gasteiger partial charge is 0.306 e. The van der Waals surface area contributed by atoms with Gasteiger partial charge >= 0.3 is 10.1 Å². The highest BCUT2D eigenvalue weighted by Gasteiger charge is 2.19. The first-order valence-corrected chi connectivity index (χ1v) is 11.4. The van der Waals surface area contributed by atoms with E-state index in [2.05, 4.69) is 6.92 Å². The van der Waals surface area contributed by atoms with Crippen LogP contribution in [0.3, 0.4) is 0 Å². The standard InChI is InChI=1S/C22H29NO5S/c1-6-17-7-10-19(11-8-17)22(24)23(14-16(2)3)15-18-9-12-20(27-4)21(13-18)28-29(5,25)26/h7-13,16H,6,14-15H2,1-5H3. The molecule has 0 saturated carbocycles. The minimum Gasteiger partial charge on any atom is -0.493 e. The molecule has 6 nitrogen and oxygen atoms in total. The molecule has 0 unspecified atom stereocenters. The Balaban J connectivity index is 2.31. The molecule has 0 bridgehead atoms. The maximum atomic E-state index is 13.1. The van der Waals surface area contributed by atoms with Crippen LogP contribution < -0.4 is 8.92 Å². The van der Waals surface area contributed by atoms with Crippen molar-refractivity contribution in [2.24, 2.45) is 5.92 Å². The minimum atomic E-state index is -3.70. The Hall–Kier alpha value is -2.54. The van der Waals surface area contributed by atoms with Crippen LogP contribution in [-0.4, -0.2) is 39.1 Å². The van der Waals surface area contributed by atoms with Gasteiger partial charge in [0.1, 0.15) is 0 Å². The second-order valence-electron chi connectivity index (χ2n) is 7.40. The van der Waals surface area contributed by atoms with Crippen LogP contribution in [-0.2, 0) is 23.1 Å². The minimum absolute atomic E-state index is 0.0669. The molecule has 0 fully saturated rings. The van der Waals surface area contributed by atoms with E-state index in [0.717, 1.165) is 18.2 Å². The van der Waals surface area contributed by atoms with E-state index >= 15 is 0 Å². The number of nitrogens with zero attached hydrogens (tertiary/aromatic N) is 1. The van der Waals surface area contributed by atoms with Gasteiger partial charge in [-0.3, -0.25) is 4.79 Å². The Morgan fingerprint density at radius 3 is 2.17 bits per heavy atom. The zero-order chi connectivity index (χ0) is 21.6. The maximum Gasteiger partial charge on any atom is 0.306 e. The first-order chi connectivity index (χ1) is 13.6. The van der Waals surface area contributed by atoms with Crippen molar-refractivity contribution in [3.63, 3.8) is 0 Å². The predicted molar refractivity (Wildman–Crippen MR) is 114 cm³/mol. The molecule has 0 spiro atoms. The third-order valence-electron chi connectivity index (χ3n) is 4.32. The molecular weight excluding hydrogens is 390 g/mol. The molecule has 0 aliphatic heterocycles. The molecule has 2 aromatic rings. The van der Waals surface area contributed by atoms with E-state index in [1.54, 1.807) is 23.1 Å². The highest BCUT2D eigenvalue weighted by molar-refractivity contribution is 7.86. The fraction of sp³-hybridized carbons (Fsp3) is 0.409. The monoisotopic (exact) mass is 419 g/mol. The fourth-order valence-electron chi connectivity index (χ4n) is 2.99. The first kappa shape index (κ1) is 22.7. The average molecular weight is 420 g/mol. The zero-order valence-electron chi connectivity index (χ0n) is 17.6. The van der Waals surface area contributed by atoms with Crippen molar-refractivity contribution < 1.29 is 22.1 Å². The lowest BCUT2D eigenvalue weighted by atomic mass is 10.1. The Morgan fingerprint density at radius 2 is 1.66 bits per heavy atom. The molecule has 0 atom stereocenters. The first-order valence-electron chi connectivity index (χ1n) is 9.57. The van der Waals surface area contributed by atoms with E-state index in [9.17, 15) is 13.2 Å². The summed E-state index contributed by atoms with van der Waals surface area (Å²) in [7, 11) is -2.26. The summed E-state index contributed by atoms with van der Waals surface area (Å²) in [6.07, 6.45) is 1.90. The van der Waals surface area contributed by atoms with Gasteiger partial charge in [-0.15, -0.1) is 0 Å². The van der Waals surface area contributed by atoms with Gasteiger partial charge in [0.05, 0.1) is 13.4 Å². The highest BCUT2D eigenvalue weighted by Crippen LogP contribution is 2.30. The van der Waals surface area contributed by atoms with E-state index in [1.165, 1.54) is 12.7 Å². The number of methoxy groups -OCH3 is 1. The molecule has 0 aromatic heterocycles. The van der Waals surface area contributed by atoms with Crippen molar-refractivity contribution in [1.82, 2.24) is 4.90 Å². The second kappa shape index (κ2) is 9.78. The van der Waals surface area contributed by atoms with Gasteiger partial charge in [-0.1, -0.05) is 39.0 Å². The lowest BCUT2D eigenvalue weighted by Gasteiger charge is -2.25. The van der Waals surface area contributed by atoms with E-state index in [1.807, 2.05) is 38.1 Å². The molecule has 1 amide bonds. The number of benzene rings is 2. The van der Waals surface area contributed by atoms with E-state index < -0.39 is 10.1 Å². The molecular formula is C22H29NO5S. The van der Waals surface area contributed by atoms with Gasteiger partial charge in [0.25, 0.3) is 5.91 Å². The largest absolute Gasteiger partial charge is 0.493 e. The Labute approximate surface area is 173 Å². The third kappa shape index (κ3) is 6.78. The van der Waals surface area contributed by atoms with Gasteiger partial charge in [-0.25, -0.2) is 0 Å². The van der Waals surface area contributed by atoms with Gasteiger partial charge in [0.15, 0.2) is 11.5 Å². The molecule has 158 valence electrons. The van der Waals surface area contributed by atoms with Crippen LogP contribution in [0.4, 0.5) is 0 Å². The molecule has 2 rings (SSSR count). The third-order valence-corrected chi connectivity index (χ3v) is 4.81.